The maximum absolute atomic E-state index is 11.3. The van der Waals surface area contributed by atoms with Crippen molar-refractivity contribution in [3.05, 3.63) is 0 Å². The maximum Gasteiger partial charge on any atom is 0.150 e. The molecule has 1 rings (SSSR count). The van der Waals surface area contributed by atoms with Gasteiger partial charge >= 0.3 is 0 Å². The van der Waals surface area contributed by atoms with E-state index in [-0.39, 0.29) is 11.5 Å². The van der Waals surface area contributed by atoms with Gasteiger partial charge < -0.3 is 5.11 Å². The van der Waals surface area contributed by atoms with Crippen LogP contribution in [-0.2, 0) is 9.84 Å². The molecule has 1 aliphatic carbocycles. The fraction of sp³-hybridized carbons (Fsp3) is 1.00. The zero-order valence-corrected chi connectivity index (χ0v) is 11.2. The van der Waals surface area contributed by atoms with Crippen LogP contribution in [0.3, 0.4) is 0 Å². The van der Waals surface area contributed by atoms with Crippen molar-refractivity contribution in [2.24, 2.45) is 5.92 Å². The minimum Gasteiger partial charge on any atom is -0.390 e. The zero-order valence-electron chi connectivity index (χ0n) is 10.4. The van der Waals surface area contributed by atoms with E-state index < -0.39 is 15.4 Å². The van der Waals surface area contributed by atoms with Crippen LogP contribution in [-0.4, -0.2) is 30.6 Å². The average molecular weight is 248 g/mol. The Morgan fingerprint density at radius 1 is 1.31 bits per heavy atom. The van der Waals surface area contributed by atoms with Crippen LogP contribution in [0.2, 0.25) is 0 Å². The molecule has 1 saturated carbocycles. The molecule has 0 saturated heterocycles. The molecule has 0 aromatic carbocycles. The van der Waals surface area contributed by atoms with Gasteiger partial charge in [-0.2, -0.15) is 0 Å². The van der Waals surface area contributed by atoms with Crippen molar-refractivity contribution in [3.8, 4) is 0 Å². The molecular formula is C12H24O3S. The lowest BCUT2D eigenvalue weighted by atomic mass is 9.77. The SMILES string of the molecule is CCS(=O)(=O)CCCC1(O)CCC(C)CC1. The molecule has 0 aromatic rings. The summed E-state index contributed by atoms with van der Waals surface area (Å²) in [6.45, 7) is 3.88. The molecule has 0 heterocycles. The third-order valence-electron chi connectivity index (χ3n) is 3.74. The molecule has 0 bridgehead atoms. The maximum atomic E-state index is 11.3. The fourth-order valence-electron chi connectivity index (χ4n) is 2.31. The minimum atomic E-state index is -2.87. The quantitative estimate of drug-likeness (QED) is 0.811. The van der Waals surface area contributed by atoms with Crippen molar-refractivity contribution in [2.75, 3.05) is 11.5 Å². The topological polar surface area (TPSA) is 54.4 Å². The number of hydrogen-bond donors (Lipinski definition) is 1. The van der Waals surface area contributed by atoms with Crippen LogP contribution in [0, 0.1) is 5.92 Å². The normalized spacial score (nSPS) is 31.6. The first-order valence-electron chi connectivity index (χ1n) is 6.30. The lowest BCUT2D eigenvalue weighted by Crippen LogP contribution is -2.34. The molecule has 1 fully saturated rings. The summed E-state index contributed by atoms with van der Waals surface area (Å²) in [7, 11) is -2.87. The lowest BCUT2D eigenvalue weighted by Gasteiger charge is -2.34. The van der Waals surface area contributed by atoms with Crippen LogP contribution in [0.25, 0.3) is 0 Å². The van der Waals surface area contributed by atoms with Gasteiger partial charge in [0.15, 0.2) is 0 Å². The van der Waals surface area contributed by atoms with Gasteiger partial charge in [0.05, 0.1) is 11.4 Å². The summed E-state index contributed by atoms with van der Waals surface area (Å²) in [4.78, 5) is 0. The summed E-state index contributed by atoms with van der Waals surface area (Å²) in [6, 6.07) is 0. The van der Waals surface area contributed by atoms with Crippen LogP contribution in [0.4, 0.5) is 0 Å². The minimum absolute atomic E-state index is 0.211. The van der Waals surface area contributed by atoms with E-state index in [1.54, 1.807) is 6.92 Å². The first-order chi connectivity index (χ1) is 7.37. The molecule has 96 valence electrons. The van der Waals surface area contributed by atoms with E-state index >= 15 is 0 Å². The summed E-state index contributed by atoms with van der Waals surface area (Å²) in [5.74, 6) is 1.14. The van der Waals surface area contributed by atoms with E-state index in [1.807, 2.05) is 0 Å². The molecule has 0 spiro atoms. The van der Waals surface area contributed by atoms with Crippen molar-refractivity contribution >= 4 is 9.84 Å². The molecule has 0 amide bonds. The first kappa shape index (κ1) is 14.0. The van der Waals surface area contributed by atoms with E-state index in [2.05, 4.69) is 6.92 Å². The molecule has 1 aliphatic rings. The zero-order chi connectivity index (χ0) is 12.2. The van der Waals surface area contributed by atoms with Gasteiger partial charge in [-0.1, -0.05) is 13.8 Å². The first-order valence-corrected chi connectivity index (χ1v) is 8.12. The molecule has 16 heavy (non-hydrogen) atoms. The summed E-state index contributed by atoms with van der Waals surface area (Å²) < 4.78 is 22.6. The molecule has 0 unspecified atom stereocenters. The van der Waals surface area contributed by atoms with Gasteiger partial charge in [-0.05, 0) is 44.4 Å². The molecular weight excluding hydrogens is 224 g/mol. The van der Waals surface area contributed by atoms with Crippen LogP contribution in [0.1, 0.15) is 52.4 Å². The highest BCUT2D eigenvalue weighted by molar-refractivity contribution is 7.91. The lowest BCUT2D eigenvalue weighted by molar-refractivity contribution is -0.0148. The Labute approximate surface area is 99.2 Å². The molecule has 4 heteroatoms. The second-order valence-electron chi connectivity index (χ2n) is 5.25. The summed E-state index contributed by atoms with van der Waals surface area (Å²) in [6.07, 6.45) is 5.04. The Morgan fingerprint density at radius 2 is 1.88 bits per heavy atom. The van der Waals surface area contributed by atoms with Crippen LogP contribution in [0.15, 0.2) is 0 Å². The molecule has 0 aliphatic heterocycles. The Kier molecular flexibility index (Phi) is 4.80. The average Bonchev–Trinajstić information content (AvgIpc) is 2.23. The number of sulfone groups is 1. The smallest absolute Gasteiger partial charge is 0.150 e. The van der Waals surface area contributed by atoms with Crippen molar-refractivity contribution in [3.63, 3.8) is 0 Å². The van der Waals surface area contributed by atoms with Crippen molar-refractivity contribution < 1.29 is 13.5 Å². The number of rotatable bonds is 5. The van der Waals surface area contributed by atoms with Gasteiger partial charge in [0.1, 0.15) is 9.84 Å². The van der Waals surface area contributed by atoms with Gasteiger partial charge in [-0.3, -0.25) is 0 Å². The Balaban J connectivity index is 2.32. The van der Waals surface area contributed by atoms with E-state index in [9.17, 15) is 13.5 Å². The second kappa shape index (κ2) is 5.50. The largest absolute Gasteiger partial charge is 0.390 e. The molecule has 0 atom stereocenters. The van der Waals surface area contributed by atoms with Crippen molar-refractivity contribution in [1.82, 2.24) is 0 Å². The predicted molar refractivity (Wildman–Crippen MR) is 66.1 cm³/mol. The van der Waals surface area contributed by atoms with Gasteiger partial charge in [-0.25, -0.2) is 8.42 Å². The fourth-order valence-corrected chi connectivity index (χ4v) is 3.19. The second-order valence-corrected chi connectivity index (χ2v) is 7.72. The standard InChI is InChI=1S/C12H24O3S/c1-3-16(14,15)10-4-7-12(13)8-5-11(2)6-9-12/h11,13H,3-10H2,1-2H3. The van der Waals surface area contributed by atoms with E-state index in [4.69, 9.17) is 0 Å². The van der Waals surface area contributed by atoms with E-state index in [1.165, 1.54) is 0 Å². The molecule has 0 radical (unpaired) electrons. The van der Waals surface area contributed by atoms with Crippen molar-refractivity contribution in [1.29, 1.82) is 0 Å². The molecule has 1 N–H and O–H groups in total. The summed E-state index contributed by atoms with van der Waals surface area (Å²) >= 11 is 0. The summed E-state index contributed by atoms with van der Waals surface area (Å²) in [5, 5.41) is 10.3. The van der Waals surface area contributed by atoms with Gasteiger partial charge in [-0.15, -0.1) is 0 Å². The highest BCUT2D eigenvalue weighted by atomic mass is 32.2. The van der Waals surface area contributed by atoms with Crippen LogP contribution < -0.4 is 0 Å². The van der Waals surface area contributed by atoms with E-state index in [0.717, 1.165) is 25.7 Å². The van der Waals surface area contributed by atoms with Gasteiger partial charge in [0.25, 0.3) is 0 Å². The van der Waals surface area contributed by atoms with Crippen LogP contribution in [0.5, 0.6) is 0 Å². The Bertz CT molecular complexity index is 300. The Morgan fingerprint density at radius 3 is 2.38 bits per heavy atom. The van der Waals surface area contributed by atoms with Gasteiger partial charge in [0.2, 0.25) is 0 Å². The van der Waals surface area contributed by atoms with E-state index in [0.29, 0.717) is 18.8 Å². The number of hydrogen-bond acceptors (Lipinski definition) is 3. The summed E-state index contributed by atoms with van der Waals surface area (Å²) in [5.41, 5.74) is -0.588. The third-order valence-corrected chi connectivity index (χ3v) is 5.53. The Hall–Kier alpha value is -0.0900. The van der Waals surface area contributed by atoms with Gasteiger partial charge in [0, 0.05) is 5.75 Å². The number of aliphatic hydroxyl groups is 1. The highest BCUT2D eigenvalue weighted by Gasteiger charge is 2.31. The highest BCUT2D eigenvalue weighted by Crippen LogP contribution is 2.34. The molecule has 3 nitrogen and oxygen atoms in total. The monoisotopic (exact) mass is 248 g/mol. The van der Waals surface area contributed by atoms with Crippen LogP contribution >= 0.6 is 0 Å². The third kappa shape index (κ3) is 4.42. The predicted octanol–water partition coefficient (Wildman–Crippen LogP) is 2.14. The molecule has 0 aromatic heterocycles. The van der Waals surface area contributed by atoms with Crippen molar-refractivity contribution in [2.45, 2.75) is 58.0 Å².